The van der Waals surface area contributed by atoms with Crippen molar-refractivity contribution in [3.63, 3.8) is 0 Å². The van der Waals surface area contributed by atoms with Crippen LogP contribution in [0.5, 0.6) is 0 Å². The summed E-state index contributed by atoms with van der Waals surface area (Å²) in [5, 5.41) is 7.64. The van der Waals surface area contributed by atoms with Gasteiger partial charge in [0.2, 0.25) is 0 Å². The summed E-state index contributed by atoms with van der Waals surface area (Å²) in [6, 6.07) is 9.94. The van der Waals surface area contributed by atoms with Gasteiger partial charge in [0.25, 0.3) is 5.91 Å². The van der Waals surface area contributed by atoms with E-state index in [4.69, 9.17) is 0 Å². The van der Waals surface area contributed by atoms with Crippen molar-refractivity contribution in [3.8, 4) is 0 Å². The van der Waals surface area contributed by atoms with Crippen LogP contribution in [0.2, 0.25) is 0 Å². The van der Waals surface area contributed by atoms with E-state index in [1.807, 2.05) is 41.1 Å². The summed E-state index contributed by atoms with van der Waals surface area (Å²) >= 11 is 0. The molecule has 27 heavy (non-hydrogen) atoms. The third-order valence-corrected chi connectivity index (χ3v) is 4.99. The van der Waals surface area contributed by atoms with Crippen molar-refractivity contribution in [1.82, 2.24) is 20.0 Å². The summed E-state index contributed by atoms with van der Waals surface area (Å²) in [7, 11) is 0. The monoisotopic (exact) mass is 364 g/mol. The third kappa shape index (κ3) is 4.55. The van der Waals surface area contributed by atoms with E-state index in [1.165, 1.54) is 5.57 Å². The van der Waals surface area contributed by atoms with Crippen LogP contribution in [0.25, 0.3) is 0 Å². The molecule has 0 radical (unpaired) electrons. The number of hydrogen-bond acceptors (Lipinski definition) is 3. The molecule has 1 aromatic carbocycles. The minimum Gasteiger partial charge on any atom is -0.347 e. The summed E-state index contributed by atoms with van der Waals surface area (Å²) in [6.07, 6.45) is 4.87. The van der Waals surface area contributed by atoms with E-state index in [0.29, 0.717) is 18.8 Å². The van der Waals surface area contributed by atoms with Gasteiger partial charge < -0.3 is 5.32 Å². The molecule has 1 aromatic heterocycles. The van der Waals surface area contributed by atoms with Crippen LogP contribution in [-0.4, -0.2) is 33.7 Å². The highest BCUT2D eigenvalue weighted by Crippen LogP contribution is 2.23. The van der Waals surface area contributed by atoms with Crippen molar-refractivity contribution in [2.75, 3.05) is 13.1 Å². The van der Waals surface area contributed by atoms with Gasteiger partial charge in [-0.25, -0.2) is 0 Å². The zero-order valence-electron chi connectivity index (χ0n) is 16.2. The first-order chi connectivity index (χ1) is 13.1. The summed E-state index contributed by atoms with van der Waals surface area (Å²) in [5.41, 5.74) is 5.18. The van der Waals surface area contributed by atoms with Gasteiger partial charge in [-0.15, -0.1) is 6.58 Å². The molecule has 0 unspecified atom stereocenters. The Bertz CT molecular complexity index is 835. The number of rotatable bonds is 7. The van der Waals surface area contributed by atoms with E-state index in [-0.39, 0.29) is 5.91 Å². The lowest BCUT2D eigenvalue weighted by molar-refractivity contribution is 0.0943. The molecule has 5 heteroatoms. The summed E-state index contributed by atoms with van der Waals surface area (Å²) in [6.45, 7) is 11.8. The lowest BCUT2D eigenvalue weighted by atomic mass is 10.0. The Kier molecular flexibility index (Phi) is 6.24. The first-order valence-corrected chi connectivity index (χ1v) is 9.48. The van der Waals surface area contributed by atoms with Crippen LogP contribution in [0.4, 0.5) is 0 Å². The Morgan fingerprint density at radius 3 is 2.81 bits per heavy atom. The summed E-state index contributed by atoms with van der Waals surface area (Å²) in [5.74, 6) is -0.109. The molecule has 1 aliphatic rings. The highest BCUT2D eigenvalue weighted by atomic mass is 16.1. The number of carbonyl (C=O) groups excluding carboxylic acids is 1. The van der Waals surface area contributed by atoms with Crippen molar-refractivity contribution < 1.29 is 4.79 Å². The molecule has 1 N–H and O–H groups in total. The third-order valence-electron chi connectivity index (χ3n) is 4.99. The van der Waals surface area contributed by atoms with Crippen molar-refractivity contribution in [3.05, 3.63) is 77.2 Å². The molecule has 0 saturated heterocycles. The number of carbonyl (C=O) groups is 1. The van der Waals surface area contributed by atoms with Crippen molar-refractivity contribution in [2.45, 2.75) is 39.9 Å². The van der Waals surface area contributed by atoms with E-state index in [2.05, 4.69) is 41.8 Å². The van der Waals surface area contributed by atoms with Crippen LogP contribution >= 0.6 is 0 Å². The number of nitrogens with zero attached hydrogens (tertiary/aromatic N) is 3. The fraction of sp³-hybridized carbons (Fsp3) is 0.364. The Labute approximate surface area is 161 Å². The minimum absolute atomic E-state index is 0.109. The second kappa shape index (κ2) is 8.82. The summed E-state index contributed by atoms with van der Waals surface area (Å²) in [4.78, 5) is 15.2. The number of fused-ring (bicyclic) bond motifs is 1. The maximum Gasteiger partial charge on any atom is 0.272 e. The Morgan fingerprint density at radius 2 is 2.11 bits per heavy atom. The molecule has 0 saturated carbocycles. The van der Waals surface area contributed by atoms with Gasteiger partial charge >= 0.3 is 0 Å². The van der Waals surface area contributed by atoms with Crippen molar-refractivity contribution >= 4 is 5.91 Å². The maximum absolute atomic E-state index is 12.8. The number of amides is 1. The second-order valence-electron chi connectivity index (χ2n) is 7.01. The lowest BCUT2D eigenvalue weighted by Crippen LogP contribution is -2.33. The molecule has 2 heterocycles. The van der Waals surface area contributed by atoms with Gasteiger partial charge in [-0.2, -0.15) is 5.10 Å². The predicted octanol–water partition coefficient (Wildman–Crippen LogP) is 3.32. The van der Waals surface area contributed by atoms with Gasteiger partial charge in [-0.3, -0.25) is 14.4 Å². The number of hydrogen-bond donors (Lipinski definition) is 1. The van der Waals surface area contributed by atoms with E-state index in [0.717, 1.165) is 42.9 Å². The standard InChI is InChI=1S/C22H28N4O/c1-4-12-26-20-11-13-25(15-17(3)5-2)16-19(20)21(24-26)22(27)23-14-18-9-7-6-8-10-18/h4-10H,1,11-16H2,2-3H3,(H,23,27)/b17-5+. The Balaban J connectivity index is 1.80. The molecule has 0 bridgehead atoms. The van der Waals surface area contributed by atoms with Crippen LogP contribution in [0.15, 0.2) is 54.6 Å². The predicted molar refractivity (Wildman–Crippen MR) is 108 cm³/mol. The largest absolute Gasteiger partial charge is 0.347 e. The van der Waals surface area contributed by atoms with Gasteiger partial charge in [0.15, 0.2) is 5.69 Å². The van der Waals surface area contributed by atoms with Gasteiger partial charge in [0.1, 0.15) is 0 Å². The molecule has 1 amide bonds. The molecule has 2 aromatic rings. The smallest absolute Gasteiger partial charge is 0.272 e. The highest BCUT2D eigenvalue weighted by molar-refractivity contribution is 5.94. The van der Waals surface area contributed by atoms with Crippen LogP contribution in [0, 0.1) is 0 Å². The molecule has 1 aliphatic heterocycles. The average Bonchev–Trinajstić information content (AvgIpc) is 3.05. The van der Waals surface area contributed by atoms with E-state index < -0.39 is 0 Å². The normalized spacial score (nSPS) is 14.7. The molecule has 0 atom stereocenters. The molecule has 3 rings (SSSR count). The molecule has 5 nitrogen and oxygen atoms in total. The van der Waals surface area contributed by atoms with Crippen LogP contribution < -0.4 is 5.32 Å². The number of nitrogens with one attached hydrogen (secondary N) is 1. The Morgan fingerprint density at radius 1 is 1.33 bits per heavy atom. The van der Waals surface area contributed by atoms with Gasteiger partial charge in [0.05, 0.1) is 6.54 Å². The molecular weight excluding hydrogens is 336 g/mol. The molecule has 0 aliphatic carbocycles. The number of allylic oxidation sites excluding steroid dienone is 2. The summed E-state index contributed by atoms with van der Waals surface area (Å²) < 4.78 is 1.93. The fourth-order valence-electron chi connectivity index (χ4n) is 3.44. The minimum atomic E-state index is -0.109. The Hall–Kier alpha value is -2.66. The zero-order valence-corrected chi connectivity index (χ0v) is 16.2. The lowest BCUT2D eigenvalue weighted by Gasteiger charge is -2.27. The number of aromatic nitrogens is 2. The maximum atomic E-state index is 12.8. The van der Waals surface area contributed by atoms with Crippen LogP contribution in [-0.2, 0) is 26.1 Å². The van der Waals surface area contributed by atoms with Crippen molar-refractivity contribution in [1.29, 1.82) is 0 Å². The van der Waals surface area contributed by atoms with Crippen LogP contribution in [0.1, 0.15) is 41.2 Å². The SMILES string of the molecule is C=CCn1nc(C(=O)NCc2ccccc2)c2c1CCN(C/C(C)=C/C)C2. The highest BCUT2D eigenvalue weighted by Gasteiger charge is 2.27. The topological polar surface area (TPSA) is 50.2 Å². The second-order valence-corrected chi connectivity index (χ2v) is 7.01. The first-order valence-electron chi connectivity index (χ1n) is 9.48. The van der Waals surface area contributed by atoms with Gasteiger partial charge in [-0.05, 0) is 19.4 Å². The molecule has 142 valence electrons. The molecule has 0 fully saturated rings. The van der Waals surface area contributed by atoms with E-state index >= 15 is 0 Å². The van der Waals surface area contributed by atoms with Gasteiger partial charge in [-0.1, -0.05) is 48.1 Å². The quantitative estimate of drug-likeness (QED) is 0.767. The average molecular weight is 364 g/mol. The van der Waals surface area contributed by atoms with E-state index in [1.54, 1.807) is 0 Å². The van der Waals surface area contributed by atoms with Crippen LogP contribution in [0.3, 0.4) is 0 Å². The van der Waals surface area contributed by atoms with E-state index in [9.17, 15) is 4.79 Å². The fourth-order valence-corrected chi connectivity index (χ4v) is 3.44. The zero-order chi connectivity index (χ0) is 19.2. The number of benzene rings is 1. The molecular formula is C22H28N4O. The molecule has 0 spiro atoms. The first kappa shape index (κ1) is 19.1. The van der Waals surface area contributed by atoms with Crippen molar-refractivity contribution in [2.24, 2.45) is 0 Å². The van der Waals surface area contributed by atoms with Gasteiger partial charge in [0, 0.05) is 43.9 Å².